The van der Waals surface area contributed by atoms with E-state index in [4.69, 9.17) is 16.6 Å². The molecule has 0 aliphatic heterocycles. The predicted molar refractivity (Wildman–Crippen MR) is 36.0 cm³/mol. The number of hydrogen-bond acceptors (Lipinski definition) is 3. The van der Waals surface area contributed by atoms with Crippen molar-refractivity contribution in [1.29, 1.82) is 0 Å². The van der Waals surface area contributed by atoms with Gasteiger partial charge in [-0.2, -0.15) is 0 Å². The van der Waals surface area contributed by atoms with Crippen molar-refractivity contribution in [3.05, 3.63) is 23.5 Å². The highest BCUT2D eigenvalue weighted by Gasteiger charge is 2.43. The van der Waals surface area contributed by atoms with Gasteiger partial charge in [0, 0.05) is 6.08 Å². The first-order chi connectivity index (χ1) is 5.37. The molecule has 0 aromatic rings. The van der Waals surface area contributed by atoms with Crippen LogP contribution in [0.25, 0.3) is 0 Å². The topological polar surface area (TPSA) is 72.3 Å². The fourth-order valence-corrected chi connectivity index (χ4v) is 0.829. The summed E-state index contributed by atoms with van der Waals surface area (Å²) in [5, 5.41) is 8.69. The maximum absolute atomic E-state index is 12.8. The summed E-state index contributed by atoms with van der Waals surface area (Å²) in [5.74, 6) is -4.07. The minimum Gasteiger partial charge on any atom is -0.509 e. The molecule has 0 amide bonds. The molecule has 1 atom stereocenters. The van der Waals surface area contributed by atoms with E-state index >= 15 is 0 Å². The molecule has 0 saturated carbocycles. The van der Waals surface area contributed by atoms with Crippen molar-refractivity contribution in [3.63, 3.8) is 0 Å². The number of rotatable bonds is 0. The third-order valence-corrected chi connectivity index (χ3v) is 1.54. The molecule has 1 aliphatic carbocycles. The average Bonchev–Trinajstić information content (AvgIpc) is 1.99. The van der Waals surface area contributed by atoms with Gasteiger partial charge in [0.15, 0.2) is 23.5 Å². The van der Waals surface area contributed by atoms with Crippen LogP contribution in [0.2, 0.25) is 0 Å². The molecule has 1 aliphatic rings. The van der Waals surface area contributed by atoms with Gasteiger partial charge in [-0.25, -0.2) is 13.2 Å². The van der Waals surface area contributed by atoms with E-state index in [1.807, 2.05) is 0 Å². The fourth-order valence-electron chi connectivity index (χ4n) is 0.829. The Bertz CT molecular complexity index is 272. The third-order valence-electron chi connectivity index (χ3n) is 1.54. The van der Waals surface area contributed by atoms with E-state index in [0.717, 1.165) is 0 Å². The third kappa shape index (κ3) is 1.09. The van der Waals surface area contributed by atoms with Gasteiger partial charge in [-0.1, -0.05) is 0 Å². The Kier molecular flexibility index (Phi) is 1.89. The van der Waals surface area contributed by atoms with Crippen LogP contribution in [0.1, 0.15) is 0 Å². The Balaban J connectivity index is 3.18. The van der Waals surface area contributed by atoms with E-state index < -0.39 is 29.2 Å². The zero-order valence-electron chi connectivity index (χ0n) is 5.89. The van der Waals surface area contributed by atoms with E-state index in [0.29, 0.717) is 6.08 Å². The van der Waals surface area contributed by atoms with E-state index in [9.17, 15) is 13.2 Å². The van der Waals surface area contributed by atoms with Gasteiger partial charge in [0.25, 0.3) is 0 Å². The van der Waals surface area contributed by atoms with Crippen LogP contribution in [0.15, 0.2) is 23.5 Å². The molecule has 0 aromatic carbocycles. The highest BCUT2D eigenvalue weighted by Crippen LogP contribution is 2.30. The van der Waals surface area contributed by atoms with Crippen molar-refractivity contribution in [2.45, 2.75) is 11.8 Å². The molecule has 0 heterocycles. The second-order valence-electron chi connectivity index (χ2n) is 2.53. The summed E-state index contributed by atoms with van der Waals surface area (Å²) < 4.78 is 37.8. The van der Waals surface area contributed by atoms with Crippen LogP contribution in [0.3, 0.4) is 0 Å². The first-order valence-corrected chi connectivity index (χ1v) is 3.05. The quantitative estimate of drug-likeness (QED) is 0.476. The van der Waals surface area contributed by atoms with Crippen LogP contribution < -0.4 is 11.5 Å². The molecule has 68 valence electrons. The SMILES string of the molecule is NC1(N)C(F)=C(F)C=C(O)C1F. The summed E-state index contributed by atoms with van der Waals surface area (Å²) >= 11 is 0. The summed E-state index contributed by atoms with van der Waals surface area (Å²) in [6, 6.07) is 0. The van der Waals surface area contributed by atoms with E-state index in [1.54, 1.807) is 0 Å². The number of alkyl halides is 1. The van der Waals surface area contributed by atoms with Gasteiger partial charge in [-0.05, 0) is 0 Å². The highest BCUT2D eigenvalue weighted by atomic mass is 19.2. The molecule has 1 rings (SSSR count). The van der Waals surface area contributed by atoms with Crippen molar-refractivity contribution in [1.82, 2.24) is 0 Å². The molecule has 0 fully saturated rings. The van der Waals surface area contributed by atoms with E-state index in [2.05, 4.69) is 0 Å². The average molecular weight is 180 g/mol. The van der Waals surface area contributed by atoms with Gasteiger partial charge in [0.1, 0.15) is 5.76 Å². The maximum Gasteiger partial charge on any atom is 0.194 e. The van der Waals surface area contributed by atoms with Crippen molar-refractivity contribution in [2.75, 3.05) is 0 Å². The normalized spacial score (nSPS) is 28.8. The molecule has 0 aromatic heterocycles. The number of nitrogens with two attached hydrogens (primary N) is 2. The molecule has 6 heteroatoms. The molecule has 1 unspecified atom stereocenters. The molecule has 12 heavy (non-hydrogen) atoms. The Hall–Kier alpha value is -1.01. The Labute approximate surface area is 66.1 Å². The zero-order chi connectivity index (χ0) is 9.52. The minimum atomic E-state index is -2.61. The smallest absolute Gasteiger partial charge is 0.194 e. The molecular formula is C6H7F3N2O. The molecular weight excluding hydrogens is 173 g/mol. The van der Waals surface area contributed by atoms with Gasteiger partial charge < -0.3 is 16.6 Å². The van der Waals surface area contributed by atoms with Crippen molar-refractivity contribution < 1.29 is 18.3 Å². The lowest BCUT2D eigenvalue weighted by molar-refractivity contribution is 0.160. The predicted octanol–water partition coefficient (Wildman–Crippen LogP) is 0.544. The lowest BCUT2D eigenvalue weighted by Gasteiger charge is -2.28. The zero-order valence-corrected chi connectivity index (χ0v) is 5.89. The second kappa shape index (κ2) is 2.49. The molecule has 0 spiro atoms. The Morgan fingerprint density at radius 3 is 2.42 bits per heavy atom. The van der Waals surface area contributed by atoms with Crippen molar-refractivity contribution >= 4 is 0 Å². The van der Waals surface area contributed by atoms with Crippen molar-refractivity contribution in [2.24, 2.45) is 11.5 Å². The monoisotopic (exact) mass is 180 g/mol. The van der Waals surface area contributed by atoms with E-state index in [-0.39, 0.29) is 0 Å². The molecule has 0 saturated heterocycles. The lowest BCUT2D eigenvalue weighted by atomic mass is 9.97. The first-order valence-electron chi connectivity index (χ1n) is 3.05. The Morgan fingerprint density at radius 2 is 1.92 bits per heavy atom. The summed E-state index contributed by atoms with van der Waals surface area (Å²) in [6.07, 6.45) is -2.02. The van der Waals surface area contributed by atoms with Crippen LogP contribution in [-0.2, 0) is 0 Å². The van der Waals surface area contributed by atoms with Crippen LogP contribution in [0, 0.1) is 0 Å². The standard InChI is InChI=1S/C6H7F3N2O/c7-2-1-3(12)5(9)6(10,11)4(2)8/h1,5,12H,10-11H2. The van der Waals surface area contributed by atoms with Crippen LogP contribution >= 0.6 is 0 Å². The van der Waals surface area contributed by atoms with Gasteiger partial charge in [0.05, 0.1) is 0 Å². The van der Waals surface area contributed by atoms with Gasteiger partial charge >= 0.3 is 0 Å². The number of aliphatic hydroxyl groups excluding tert-OH is 1. The second-order valence-corrected chi connectivity index (χ2v) is 2.53. The number of halogens is 3. The maximum atomic E-state index is 12.8. The van der Waals surface area contributed by atoms with E-state index in [1.165, 1.54) is 0 Å². The molecule has 5 N–H and O–H groups in total. The van der Waals surface area contributed by atoms with Crippen LogP contribution in [-0.4, -0.2) is 16.9 Å². The van der Waals surface area contributed by atoms with Gasteiger partial charge in [-0.15, -0.1) is 0 Å². The largest absolute Gasteiger partial charge is 0.509 e. The number of aliphatic hydroxyl groups is 1. The first kappa shape index (κ1) is 9.08. The summed E-state index contributed by atoms with van der Waals surface area (Å²) in [5.41, 5.74) is 7.14. The summed E-state index contributed by atoms with van der Waals surface area (Å²) in [7, 11) is 0. The lowest BCUT2D eigenvalue weighted by Crippen LogP contribution is -2.59. The molecule has 3 nitrogen and oxygen atoms in total. The number of hydrogen-bond donors (Lipinski definition) is 3. The Morgan fingerprint density at radius 1 is 1.42 bits per heavy atom. The molecule has 0 radical (unpaired) electrons. The number of allylic oxidation sites excluding steroid dienone is 2. The van der Waals surface area contributed by atoms with Gasteiger partial charge in [0.2, 0.25) is 0 Å². The van der Waals surface area contributed by atoms with Crippen LogP contribution in [0.5, 0.6) is 0 Å². The summed E-state index contributed by atoms with van der Waals surface area (Å²) in [4.78, 5) is 0. The van der Waals surface area contributed by atoms with Crippen LogP contribution in [0.4, 0.5) is 13.2 Å². The fraction of sp³-hybridized carbons (Fsp3) is 0.333. The minimum absolute atomic E-state index is 0.304. The molecule has 0 bridgehead atoms. The van der Waals surface area contributed by atoms with Crippen molar-refractivity contribution in [3.8, 4) is 0 Å². The highest BCUT2D eigenvalue weighted by molar-refractivity contribution is 5.34. The van der Waals surface area contributed by atoms with Gasteiger partial charge in [-0.3, -0.25) is 0 Å². The summed E-state index contributed by atoms with van der Waals surface area (Å²) in [6.45, 7) is 0.